The largest absolute Gasteiger partial charge is 0.490 e. The van der Waals surface area contributed by atoms with Crippen molar-refractivity contribution in [2.24, 2.45) is 5.73 Å². The lowest BCUT2D eigenvalue weighted by Gasteiger charge is -2.16. The number of halogens is 3. The Balaban J connectivity index is 2.37. The molecule has 1 aliphatic rings. The molecular weight excluding hydrogens is 305 g/mol. The van der Waals surface area contributed by atoms with Gasteiger partial charge >= 0.3 is 12.1 Å². The van der Waals surface area contributed by atoms with Crippen LogP contribution < -0.4 is 10.6 Å². The molecule has 1 aromatic rings. The zero-order valence-corrected chi connectivity index (χ0v) is 11.3. The fourth-order valence-corrected chi connectivity index (χ4v) is 2.16. The molecular formula is C13H11F3N2O4. The Hall–Kier alpha value is -2.58. The third-order valence-electron chi connectivity index (χ3n) is 3.16. The van der Waals surface area contributed by atoms with Crippen LogP contribution in [-0.2, 0) is 14.3 Å². The Morgan fingerprint density at radius 3 is 2.45 bits per heavy atom. The first-order valence-electron chi connectivity index (χ1n) is 6.11. The third-order valence-corrected chi connectivity index (χ3v) is 3.16. The Morgan fingerprint density at radius 2 is 1.95 bits per heavy atom. The Labute approximate surface area is 122 Å². The number of esters is 1. The molecule has 2 amide bonds. The monoisotopic (exact) mass is 316 g/mol. The van der Waals surface area contributed by atoms with Gasteiger partial charge < -0.3 is 15.4 Å². The number of alkyl halides is 3. The van der Waals surface area contributed by atoms with Crippen molar-refractivity contribution >= 4 is 23.5 Å². The fraction of sp³-hybridized carbons (Fsp3) is 0.308. The predicted molar refractivity (Wildman–Crippen MR) is 67.9 cm³/mol. The fourth-order valence-electron chi connectivity index (χ4n) is 2.16. The van der Waals surface area contributed by atoms with E-state index in [2.05, 4.69) is 4.74 Å². The average molecular weight is 316 g/mol. The highest BCUT2D eigenvalue weighted by Gasteiger charge is 2.44. The van der Waals surface area contributed by atoms with E-state index in [1.54, 1.807) is 0 Å². The molecule has 1 aromatic carbocycles. The van der Waals surface area contributed by atoms with Crippen molar-refractivity contribution in [1.29, 1.82) is 0 Å². The smallest absolute Gasteiger partial charge is 0.449 e. The number of carbonyl (C=O) groups is 3. The number of hydrogen-bond donors (Lipinski definition) is 1. The lowest BCUT2D eigenvalue weighted by molar-refractivity contribution is -0.204. The summed E-state index contributed by atoms with van der Waals surface area (Å²) in [5, 5.41) is 0. The van der Waals surface area contributed by atoms with Crippen molar-refractivity contribution < 1.29 is 32.3 Å². The molecule has 6 nitrogen and oxygen atoms in total. The number of carbonyl (C=O) groups excluding carboxylic acids is 3. The summed E-state index contributed by atoms with van der Waals surface area (Å²) >= 11 is 0. The predicted octanol–water partition coefficient (Wildman–Crippen LogP) is 1.30. The van der Waals surface area contributed by atoms with Crippen LogP contribution in [0.25, 0.3) is 0 Å². The molecule has 0 spiro atoms. The van der Waals surface area contributed by atoms with E-state index < -0.39 is 30.1 Å². The number of nitrogens with zero attached hydrogens (tertiary/aromatic N) is 1. The lowest BCUT2D eigenvalue weighted by Crippen LogP contribution is -2.31. The van der Waals surface area contributed by atoms with Crippen LogP contribution in [0.4, 0.5) is 18.9 Å². The second-order valence-electron chi connectivity index (χ2n) is 4.66. The minimum Gasteiger partial charge on any atom is -0.449 e. The molecule has 0 bridgehead atoms. The molecule has 1 unspecified atom stereocenters. The van der Waals surface area contributed by atoms with Crippen LogP contribution in [0.1, 0.15) is 28.9 Å². The van der Waals surface area contributed by atoms with E-state index in [1.165, 1.54) is 25.1 Å². The molecule has 1 heterocycles. The lowest BCUT2D eigenvalue weighted by atomic mass is 10.1. The van der Waals surface area contributed by atoms with Gasteiger partial charge in [0, 0.05) is 18.1 Å². The third kappa shape index (κ3) is 2.87. The second kappa shape index (κ2) is 5.32. The molecule has 0 saturated carbocycles. The summed E-state index contributed by atoms with van der Waals surface area (Å²) in [6, 6.07) is 3.88. The summed E-state index contributed by atoms with van der Waals surface area (Å²) in [6.45, 7) is 0.948. The van der Waals surface area contributed by atoms with Crippen molar-refractivity contribution in [2.45, 2.75) is 19.2 Å². The average Bonchev–Trinajstić information content (AvgIpc) is 2.76. The summed E-state index contributed by atoms with van der Waals surface area (Å²) in [6.07, 6.45) is -6.38. The van der Waals surface area contributed by atoms with E-state index in [0.29, 0.717) is 0 Å². The second-order valence-corrected chi connectivity index (χ2v) is 4.66. The number of primary amides is 1. The van der Waals surface area contributed by atoms with Gasteiger partial charge in [-0.15, -0.1) is 0 Å². The molecule has 9 heteroatoms. The van der Waals surface area contributed by atoms with Crippen molar-refractivity contribution in [2.75, 3.05) is 11.4 Å². The van der Waals surface area contributed by atoms with Crippen LogP contribution in [0, 0.1) is 0 Å². The first-order valence-corrected chi connectivity index (χ1v) is 6.11. The maximum atomic E-state index is 12.3. The number of rotatable bonds is 2. The van der Waals surface area contributed by atoms with Crippen LogP contribution in [0.3, 0.4) is 0 Å². The minimum absolute atomic E-state index is 0.0906. The Bertz CT molecular complexity index is 657. The molecule has 0 fully saturated rings. The summed E-state index contributed by atoms with van der Waals surface area (Å²) in [5.41, 5.74) is 5.62. The zero-order chi connectivity index (χ0) is 16.7. The van der Waals surface area contributed by atoms with Gasteiger partial charge in [-0.1, -0.05) is 6.07 Å². The van der Waals surface area contributed by atoms with Gasteiger partial charge in [0.25, 0.3) is 0 Å². The first-order chi connectivity index (χ1) is 10.1. The van der Waals surface area contributed by atoms with Crippen LogP contribution in [0.2, 0.25) is 0 Å². The number of benzene rings is 1. The zero-order valence-electron chi connectivity index (χ0n) is 11.3. The summed E-state index contributed by atoms with van der Waals surface area (Å²) in [7, 11) is 0. The number of nitrogens with two attached hydrogens (primary N) is 1. The van der Waals surface area contributed by atoms with E-state index in [-0.39, 0.29) is 23.4 Å². The quantitative estimate of drug-likeness (QED) is 0.833. The van der Waals surface area contributed by atoms with E-state index in [9.17, 15) is 27.6 Å². The van der Waals surface area contributed by atoms with Gasteiger partial charge in [-0.25, -0.2) is 4.79 Å². The van der Waals surface area contributed by atoms with Gasteiger partial charge in [-0.05, 0) is 12.1 Å². The van der Waals surface area contributed by atoms with Crippen molar-refractivity contribution in [3.8, 4) is 0 Å². The highest BCUT2D eigenvalue weighted by molar-refractivity contribution is 5.98. The van der Waals surface area contributed by atoms with Crippen LogP contribution >= 0.6 is 0 Å². The van der Waals surface area contributed by atoms with Crippen molar-refractivity contribution in [1.82, 2.24) is 0 Å². The van der Waals surface area contributed by atoms with E-state index >= 15 is 0 Å². The molecule has 2 rings (SSSR count). The highest BCUT2D eigenvalue weighted by atomic mass is 19.4. The van der Waals surface area contributed by atoms with Gasteiger partial charge in [-0.3, -0.25) is 9.59 Å². The number of amides is 2. The molecule has 0 radical (unpaired) electrons. The molecule has 1 atom stereocenters. The SMILES string of the molecule is CC(=O)N1CC(OC(=O)C(F)(F)F)c2ccc(C(N)=O)cc21. The summed E-state index contributed by atoms with van der Waals surface area (Å²) in [4.78, 5) is 34.8. The van der Waals surface area contributed by atoms with Gasteiger partial charge in [-0.2, -0.15) is 13.2 Å². The van der Waals surface area contributed by atoms with Crippen molar-refractivity contribution in [3.05, 3.63) is 29.3 Å². The van der Waals surface area contributed by atoms with Crippen LogP contribution in [-0.4, -0.2) is 30.5 Å². The normalized spacial score (nSPS) is 17.1. The first kappa shape index (κ1) is 15.8. The highest BCUT2D eigenvalue weighted by Crippen LogP contribution is 2.38. The molecule has 0 aromatic heterocycles. The maximum absolute atomic E-state index is 12.3. The maximum Gasteiger partial charge on any atom is 0.490 e. The molecule has 1 aliphatic heterocycles. The van der Waals surface area contributed by atoms with E-state index in [0.717, 1.165) is 4.90 Å². The molecule has 0 saturated heterocycles. The minimum atomic E-state index is -5.13. The van der Waals surface area contributed by atoms with Gasteiger partial charge in [0.2, 0.25) is 11.8 Å². The molecule has 22 heavy (non-hydrogen) atoms. The molecule has 2 N–H and O–H groups in total. The molecule has 118 valence electrons. The van der Waals surface area contributed by atoms with Crippen LogP contribution in [0.15, 0.2) is 18.2 Å². The Morgan fingerprint density at radius 1 is 1.32 bits per heavy atom. The van der Waals surface area contributed by atoms with Crippen LogP contribution in [0.5, 0.6) is 0 Å². The van der Waals surface area contributed by atoms with E-state index in [1.807, 2.05) is 0 Å². The molecule has 0 aliphatic carbocycles. The van der Waals surface area contributed by atoms with E-state index in [4.69, 9.17) is 5.73 Å². The number of fused-ring (bicyclic) bond motifs is 1. The topological polar surface area (TPSA) is 89.7 Å². The summed E-state index contributed by atoms with van der Waals surface area (Å²) < 4.78 is 41.3. The van der Waals surface area contributed by atoms with Gasteiger partial charge in [0.1, 0.15) is 6.10 Å². The number of anilines is 1. The summed E-state index contributed by atoms with van der Waals surface area (Å²) in [5.74, 6) is -3.55. The standard InChI is InChI=1S/C13H11F3N2O4/c1-6(19)18-5-10(22-12(21)13(14,15)16)8-3-2-7(11(17)20)4-9(8)18/h2-4,10H,5H2,1H3,(H2,17,20). The number of ether oxygens (including phenoxy) is 1. The van der Waals surface area contributed by atoms with Gasteiger partial charge in [0.05, 0.1) is 12.2 Å². The van der Waals surface area contributed by atoms with Crippen molar-refractivity contribution in [3.63, 3.8) is 0 Å². The van der Waals surface area contributed by atoms with Gasteiger partial charge in [0.15, 0.2) is 0 Å². The Kier molecular flexibility index (Phi) is 3.82. The number of hydrogen-bond acceptors (Lipinski definition) is 4.